The van der Waals surface area contributed by atoms with Gasteiger partial charge in [0.15, 0.2) is 15.5 Å². The summed E-state index contributed by atoms with van der Waals surface area (Å²) in [5.41, 5.74) is 11.7. The van der Waals surface area contributed by atoms with Gasteiger partial charge in [-0.25, -0.2) is 0 Å². The van der Waals surface area contributed by atoms with Gasteiger partial charge in [0.25, 0.3) is 0 Å². The second-order valence-electron chi connectivity index (χ2n) is 12.0. The van der Waals surface area contributed by atoms with E-state index in [1.165, 1.54) is 35.3 Å². The highest BCUT2D eigenvalue weighted by atomic mass is 32.2. The Morgan fingerprint density at radius 3 is 0.854 bits per heavy atom. The molecule has 0 saturated carbocycles. The van der Waals surface area contributed by atoms with Gasteiger partial charge in [-0.1, -0.05) is 88.4 Å². The Kier molecular flexibility index (Phi) is 12.7. The summed E-state index contributed by atoms with van der Waals surface area (Å²) in [6.45, 7) is 17.9. The third-order valence-corrected chi connectivity index (χ3v) is 9.94. The summed E-state index contributed by atoms with van der Waals surface area (Å²) >= 11 is 3.52. The summed E-state index contributed by atoms with van der Waals surface area (Å²) in [5, 5.41) is 10.0. The van der Waals surface area contributed by atoms with E-state index in [4.69, 9.17) is 0 Å². The SMILES string of the molecule is Cc1cc(C)c(NC(=O)CSc2nc(SCC(=O)Nc3c(C)cc(C)cc3C)nc(SCC(=O)Nc3c(C)cc(C)cc3C)n2)c(C)c1. The molecule has 0 fully saturated rings. The Bertz CT molecular complexity index is 1580. The van der Waals surface area contributed by atoms with Crippen LogP contribution in [0.25, 0.3) is 0 Å². The van der Waals surface area contributed by atoms with E-state index in [-0.39, 0.29) is 35.0 Å². The number of nitrogens with zero attached hydrogens (tertiary/aromatic N) is 3. The van der Waals surface area contributed by atoms with E-state index >= 15 is 0 Å². The Labute approximate surface area is 295 Å². The summed E-state index contributed by atoms with van der Waals surface area (Å²) in [5.74, 6) is -0.349. The van der Waals surface area contributed by atoms with E-state index in [2.05, 4.69) is 30.9 Å². The number of amides is 3. The highest BCUT2D eigenvalue weighted by Crippen LogP contribution is 2.27. The summed E-state index contributed by atoms with van der Waals surface area (Å²) in [6.07, 6.45) is 0. The van der Waals surface area contributed by atoms with E-state index < -0.39 is 0 Å². The average molecular weight is 703 g/mol. The maximum Gasteiger partial charge on any atom is 0.234 e. The topological polar surface area (TPSA) is 126 Å². The van der Waals surface area contributed by atoms with Crippen LogP contribution in [0.2, 0.25) is 0 Å². The molecule has 0 unspecified atom stereocenters. The number of carbonyl (C=O) groups excluding carboxylic acids is 3. The fourth-order valence-electron chi connectivity index (χ4n) is 5.56. The number of carbonyl (C=O) groups is 3. The Morgan fingerprint density at radius 1 is 0.438 bits per heavy atom. The number of nitrogens with one attached hydrogen (secondary N) is 3. The number of rotatable bonds is 12. The van der Waals surface area contributed by atoms with E-state index in [0.717, 1.165) is 67.1 Å². The third kappa shape index (κ3) is 10.3. The highest BCUT2D eigenvalue weighted by molar-refractivity contribution is 8.01. The lowest BCUT2D eigenvalue weighted by molar-refractivity contribution is -0.114. The molecule has 3 aromatic carbocycles. The quantitative estimate of drug-likeness (QED) is 0.127. The second kappa shape index (κ2) is 16.5. The van der Waals surface area contributed by atoms with Crippen molar-refractivity contribution in [3.05, 3.63) is 86.5 Å². The van der Waals surface area contributed by atoms with Crippen molar-refractivity contribution < 1.29 is 14.4 Å². The molecule has 0 spiro atoms. The molecule has 1 aromatic heterocycles. The van der Waals surface area contributed by atoms with Crippen molar-refractivity contribution >= 4 is 70.1 Å². The van der Waals surface area contributed by atoms with Crippen LogP contribution in [0.15, 0.2) is 51.9 Å². The lowest BCUT2D eigenvalue weighted by Gasteiger charge is -2.13. The zero-order chi connectivity index (χ0) is 35.1. The zero-order valence-electron chi connectivity index (χ0n) is 28.9. The predicted octanol–water partition coefficient (Wildman–Crippen LogP) is 7.84. The summed E-state index contributed by atoms with van der Waals surface area (Å²) in [4.78, 5) is 52.5. The summed E-state index contributed by atoms with van der Waals surface area (Å²) < 4.78 is 0. The zero-order valence-corrected chi connectivity index (χ0v) is 31.3. The Morgan fingerprint density at radius 2 is 0.646 bits per heavy atom. The minimum absolute atomic E-state index is 0.0733. The molecule has 0 radical (unpaired) electrons. The van der Waals surface area contributed by atoms with Gasteiger partial charge in [-0.15, -0.1) is 0 Å². The first kappa shape index (κ1) is 37.0. The van der Waals surface area contributed by atoms with Crippen molar-refractivity contribution in [3.8, 4) is 0 Å². The molecule has 0 bridgehead atoms. The molecule has 48 heavy (non-hydrogen) atoms. The van der Waals surface area contributed by atoms with Crippen LogP contribution in [-0.2, 0) is 14.4 Å². The van der Waals surface area contributed by atoms with Crippen LogP contribution in [0.3, 0.4) is 0 Å². The van der Waals surface area contributed by atoms with Gasteiger partial charge < -0.3 is 16.0 Å². The molecule has 0 aliphatic heterocycles. The molecule has 9 nitrogen and oxygen atoms in total. The van der Waals surface area contributed by atoms with Crippen LogP contribution < -0.4 is 16.0 Å². The molecule has 4 aromatic rings. The molecule has 4 rings (SSSR count). The number of hydrogen-bond donors (Lipinski definition) is 3. The molecule has 0 saturated heterocycles. The first-order chi connectivity index (χ1) is 22.7. The molecule has 3 amide bonds. The Balaban J connectivity index is 1.47. The molecule has 0 aliphatic rings. The van der Waals surface area contributed by atoms with Crippen molar-refractivity contribution in [2.24, 2.45) is 0 Å². The lowest BCUT2D eigenvalue weighted by Crippen LogP contribution is -2.17. The van der Waals surface area contributed by atoms with Crippen LogP contribution in [0.5, 0.6) is 0 Å². The largest absolute Gasteiger partial charge is 0.325 e. The van der Waals surface area contributed by atoms with Crippen LogP contribution in [0.1, 0.15) is 50.1 Å². The van der Waals surface area contributed by atoms with Gasteiger partial charge in [-0.05, 0) is 95.7 Å². The van der Waals surface area contributed by atoms with Gasteiger partial charge in [0.05, 0.1) is 17.3 Å². The minimum Gasteiger partial charge on any atom is -0.325 e. The highest BCUT2D eigenvalue weighted by Gasteiger charge is 2.16. The van der Waals surface area contributed by atoms with Gasteiger partial charge in [0.1, 0.15) is 0 Å². The van der Waals surface area contributed by atoms with Crippen LogP contribution in [0.4, 0.5) is 17.1 Å². The number of anilines is 3. The van der Waals surface area contributed by atoms with Crippen molar-refractivity contribution in [2.45, 2.75) is 77.8 Å². The smallest absolute Gasteiger partial charge is 0.234 e. The monoisotopic (exact) mass is 702 g/mol. The molecule has 1 heterocycles. The molecular formula is C36H42N6O3S3. The summed E-state index contributed by atoms with van der Waals surface area (Å²) in [6, 6.07) is 12.2. The number of hydrogen-bond acceptors (Lipinski definition) is 9. The lowest BCUT2D eigenvalue weighted by atomic mass is 10.1. The van der Waals surface area contributed by atoms with Crippen LogP contribution >= 0.6 is 35.3 Å². The van der Waals surface area contributed by atoms with Crippen molar-refractivity contribution in [1.29, 1.82) is 0 Å². The van der Waals surface area contributed by atoms with Crippen molar-refractivity contribution in [2.75, 3.05) is 33.2 Å². The molecule has 12 heteroatoms. The van der Waals surface area contributed by atoms with E-state index in [1.54, 1.807) is 0 Å². The van der Waals surface area contributed by atoms with Gasteiger partial charge in [-0.3, -0.25) is 14.4 Å². The average Bonchev–Trinajstić information content (AvgIpc) is 2.99. The fourth-order valence-corrected chi connectivity index (χ4v) is 7.64. The van der Waals surface area contributed by atoms with Gasteiger partial charge in [0, 0.05) is 17.1 Å². The van der Waals surface area contributed by atoms with Crippen molar-refractivity contribution in [3.63, 3.8) is 0 Å². The van der Waals surface area contributed by atoms with E-state index in [0.29, 0.717) is 15.5 Å². The minimum atomic E-state index is -0.190. The second-order valence-corrected chi connectivity index (χ2v) is 14.8. The maximum atomic E-state index is 13.0. The number of benzene rings is 3. The van der Waals surface area contributed by atoms with Crippen LogP contribution in [-0.4, -0.2) is 49.9 Å². The number of thioether (sulfide) groups is 3. The van der Waals surface area contributed by atoms with Crippen LogP contribution in [0, 0.1) is 62.3 Å². The van der Waals surface area contributed by atoms with E-state index in [9.17, 15) is 14.4 Å². The molecule has 0 atom stereocenters. The third-order valence-electron chi connectivity index (χ3n) is 7.40. The molecular weight excluding hydrogens is 661 g/mol. The fraction of sp³-hybridized carbons (Fsp3) is 0.333. The van der Waals surface area contributed by atoms with E-state index in [1.807, 2.05) is 98.7 Å². The number of aryl methyl sites for hydroxylation is 9. The molecule has 0 aliphatic carbocycles. The predicted molar refractivity (Wildman–Crippen MR) is 200 cm³/mol. The first-order valence-electron chi connectivity index (χ1n) is 15.5. The standard InChI is InChI=1S/C36H42N6O3S3/c1-19-10-22(4)31(23(5)11-19)37-28(43)16-46-34-40-35(47-17-29(44)38-32-24(6)12-20(2)13-25(32)7)42-36(41-34)48-18-30(45)39-33-26(8)14-21(3)15-27(33)9/h10-15H,16-18H2,1-9H3,(H,37,43)(H,38,44)(H,39,45). The van der Waals surface area contributed by atoms with Gasteiger partial charge in [-0.2, -0.15) is 15.0 Å². The maximum absolute atomic E-state index is 13.0. The molecule has 3 N–H and O–H groups in total. The summed E-state index contributed by atoms with van der Waals surface area (Å²) in [7, 11) is 0. The number of aromatic nitrogens is 3. The van der Waals surface area contributed by atoms with Crippen molar-refractivity contribution in [1.82, 2.24) is 15.0 Å². The normalized spacial score (nSPS) is 10.9. The molecule has 252 valence electrons. The Hall–Kier alpha value is -3.87. The van der Waals surface area contributed by atoms with Gasteiger partial charge >= 0.3 is 0 Å². The first-order valence-corrected chi connectivity index (χ1v) is 18.4. The van der Waals surface area contributed by atoms with Gasteiger partial charge in [0.2, 0.25) is 17.7 Å².